The van der Waals surface area contributed by atoms with E-state index in [1.54, 1.807) is 7.11 Å². The van der Waals surface area contributed by atoms with Gasteiger partial charge in [-0.05, 0) is 42.5 Å². The van der Waals surface area contributed by atoms with E-state index in [4.69, 9.17) is 4.74 Å². The van der Waals surface area contributed by atoms with Gasteiger partial charge in [-0.3, -0.25) is 9.59 Å². The number of nitrogens with zero attached hydrogens (tertiary/aromatic N) is 1. The van der Waals surface area contributed by atoms with E-state index in [9.17, 15) is 9.59 Å². The van der Waals surface area contributed by atoms with Crippen LogP contribution in [0.2, 0.25) is 0 Å². The third-order valence-corrected chi connectivity index (χ3v) is 3.77. The molecule has 1 saturated carbocycles. The van der Waals surface area contributed by atoms with Crippen molar-refractivity contribution in [3.63, 3.8) is 0 Å². The molecule has 0 bridgehead atoms. The lowest BCUT2D eigenvalue weighted by atomic mass is 10.0. The number of rotatable bonds is 5. The van der Waals surface area contributed by atoms with Gasteiger partial charge in [0.2, 0.25) is 0 Å². The smallest absolute Gasteiger partial charge is 0.272 e. The van der Waals surface area contributed by atoms with Crippen molar-refractivity contribution in [2.24, 2.45) is 5.92 Å². The van der Waals surface area contributed by atoms with Crippen molar-refractivity contribution < 1.29 is 9.53 Å². The molecule has 0 spiro atoms. The fourth-order valence-corrected chi connectivity index (χ4v) is 2.40. The summed E-state index contributed by atoms with van der Waals surface area (Å²) >= 11 is 0. The summed E-state index contributed by atoms with van der Waals surface area (Å²) in [4.78, 5) is 23.3. The first-order valence-corrected chi connectivity index (χ1v) is 7.18. The van der Waals surface area contributed by atoms with Gasteiger partial charge in [-0.1, -0.05) is 12.1 Å². The first-order chi connectivity index (χ1) is 10.7. The number of aromatic amines is 1. The summed E-state index contributed by atoms with van der Waals surface area (Å²) in [6.45, 7) is 0. The molecule has 1 fully saturated rings. The summed E-state index contributed by atoms with van der Waals surface area (Å²) in [6.07, 6.45) is 2.19. The van der Waals surface area contributed by atoms with Crippen molar-refractivity contribution in [3.05, 3.63) is 58.0 Å². The molecule has 1 unspecified atom stereocenters. The second kappa shape index (κ2) is 6.01. The quantitative estimate of drug-likeness (QED) is 0.879. The monoisotopic (exact) mass is 299 g/mol. The lowest BCUT2D eigenvalue weighted by Gasteiger charge is -2.18. The molecule has 114 valence electrons. The summed E-state index contributed by atoms with van der Waals surface area (Å²) in [6, 6.07) is 10.4. The molecule has 0 aliphatic heterocycles. The first-order valence-electron chi connectivity index (χ1n) is 7.18. The molecule has 0 radical (unpaired) electrons. The SMILES string of the molecule is COc1ccc(C(NC(=O)c2ccc(=O)[nH]n2)C2CC2)cc1. The van der Waals surface area contributed by atoms with Crippen LogP contribution in [-0.4, -0.2) is 23.2 Å². The van der Waals surface area contributed by atoms with Crippen molar-refractivity contribution in [1.82, 2.24) is 15.5 Å². The van der Waals surface area contributed by atoms with Gasteiger partial charge >= 0.3 is 0 Å². The van der Waals surface area contributed by atoms with Gasteiger partial charge in [-0.2, -0.15) is 5.10 Å². The van der Waals surface area contributed by atoms with E-state index in [0.717, 1.165) is 24.2 Å². The summed E-state index contributed by atoms with van der Waals surface area (Å²) in [5.74, 6) is 0.941. The highest BCUT2D eigenvalue weighted by Crippen LogP contribution is 2.41. The number of amides is 1. The fourth-order valence-electron chi connectivity index (χ4n) is 2.40. The van der Waals surface area contributed by atoms with E-state index in [0.29, 0.717) is 5.92 Å². The van der Waals surface area contributed by atoms with E-state index in [2.05, 4.69) is 15.5 Å². The van der Waals surface area contributed by atoms with E-state index >= 15 is 0 Å². The number of H-pyrrole nitrogens is 1. The van der Waals surface area contributed by atoms with Crippen LogP contribution in [0.1, 0.15) is 34.9 Å². The number of hydrogen-bond donors (Lipinski definition) is 2. The Labute approximate surface area is 127 Å². The van der Waals surface area contributed by atoms with Gasteiger partial charge < -0.3 is 10.1 Å². The number of benzene rings is 1. The van der Waals surface area contributed by atoms with Crippen LogP contribution in [0.25, 0.3) is 0 Å². The van der Waals surface area contributed by atoms with Crippen LogP contribution in [0.3, 0.4) is 0 Å². The van der Waals surface area contributed by atoms with Crippen LogP contribution in [0, 0.1) is 5.92 Å². The predicted octanol–water partition coefficient (Wildman–Crippen LogP) is 1.66. The lowest BCUT2D eigenvalue weighted by Crippen LogP contribution is -2.31. The largest absolute Gasteiger partial charge is 0.497 e. The Morgan fingerprint density at radius 1 is 1.27 bits per heavy atom. The molecule has 1 aliphatic carbocycles. The fraction of sp³-hybridized carbons (Fsp3) is 0.312. The number of methoxy groups -OCH3 is 1. The summed E-state index contributed by atoms with van der Waals surface area (Å²) in [5, 5.41) is 9.04. The number of aromatic nitrogens is 2. The molecule has 22 heavy (non-hydrogen) atoms. The molecule has 6 heteroatoms. The molecule has 2 N–H and O–H groups in total. The average Bonchev–Trinajstić information content (AvgIpc) is 3.38. The van der Waals surface area contributed by atoms with Gasteiger partial charge in [-0.25, -0.2) is 5.10 Å². The van der Waals surface area contributed by atoms with E-state index in [-0.39, 0.29) is 23.2 Å². The Kier molecular flexibility index (Phi) is 3.91. The van der Waals surface area contributed by atoms with Crippen LogP contribution in [-0.2, 0) is 0 Å². The molecule has 1 amide bonds. The summed E-state index contributed by atoms with van der Waals surface area (Å²) < 4.78 is 5.16. The summed E-state index contributed by atoms with van der Waals surface area (Å²) in [5.41, 5.74) is 0.922. The maximum absolute atomic E-state index is 12.3. The number of carbonyl (C=O) groups excluding carboxylic acids is 1. The van der Waals surface area contributed by atoms with Crippen LogP contribution >= 0.6 is 0 Å². The standard InChI is InChI=1S/C16H17N3O3/c1-22-12-6-4-11(5-7-12)15(10-2-3-10)17-16(21)13-8-9-14(20)19-18-13/h4-10,15H,2-3H2,1H3,(H,17,21)(H,19,20). The predicted molar refractivity (Wildman–Crippen MR) is 80.8 cm³/mol. The van der Waals surface area contributed by atoms with Crippen LogP contribution in [0.15, 0.2) is 41.2 Å². The number of carbonyl (C=O) groups is 1. The first kappa shape index (κ1) is 14.3. The van der Waals surface area contributed by atoms with Crippen molar-refractivity contribution in [1.29, 1.82) is 0 Å². The van der Waals surface area contributed by atoms with Crippen LogP contribution in [0.4, 0.5) is 0 Å². The minimum atomic E-state index is -0.328. The minimum Gasteiger partial charge on any atom is -0.497 e. The maximum Gasteiger partial charge on any atom is 0.272 e. The molecule has 1 aromatic heterocycles. The van der Waals surface area contributed by atoms with E-state index in [1.807, 2.05) is 24.3 Å². The van der Waals surface area contributed by atoms with Crippen molar-refractivity contribution in [3.8, 4) is 5.75 Å². The number of hydrogen-bond acceptors (Lipinski definition) is 4. The van der Waals surface area contributed by atoms with Gasteiger partial charge in [0.05, 0.1) is 13.2 Å². The molecule has 3 rings (SSSR count). The molecular weight excluding hydrogens is 282 g/mol. The lowest BCUT2D eigenvalue weighted by molar-refractivity contribution is 0.0925. The minimum absolute atomic E-state index is 0.0489. The molecule has 1 aromatic carbocycles. The second-order valence-corrected chi connectivity index (χ2v) is 5.37. The zero-order valence-electron chi connectivity index (χ0n) is 12.2. The second-order valence-electron chi connectivity index (χ2n) is 5.37. The molecule has 6 nitrogen and oxygen atoms in total. The van der Waals surface area contributed by atoms with E-state index in [1.165, 1.54) is 12.1 Å². The summed E-state index contributed by atoms with van der Waals surface area (Å²) in [7, 11) is 1.62. The Morgan fingerprint density at radius 2 is 2.00 bits per heavy atom. The molecule has 0 saturated heterocycles. The van der Waals surface area contributed by atoms with Gasteiger partial charge in [0.1, 0.15) is 11.4 Å². The van der Waals surface area contributed by atoms with Crippen LogP contribution in [0.5, 0.6) is 5.75 Å². The van der Waals surface area contributed by atoms with E-state index < -0.39 is 0 Å². The average molecular weight is 299 g/mol. The normalized spacial score (nSPS) is 15.1. The van der Waals surface area contributed by atoms with Crippen molar-refractivity contribution in [2.45, 2.75) is 18.9 Å². The van der Waals surface area contributed by atoms with Gasteiger partial charge in [0, 0.05) is 6.07 Å². The molecular formula is C16H17N3O3. The highest BCUT2D eigenvalue weighted by Gasteiger charge is 2.33. The molecule has 1 aliphatic rings. The van der Waals surface area contributed by atoms with Gasteiger partial charge in [-0.15, -0.1) is 0 Å². The molecule has 2 aromatic rings. The molecule has 1 atom stereocenters. The Bertz CT molecular complexity index is 700. The van der Waals surface area contributed by atoms with Crippen LogP contribution < -0.4 is 15.6 Å². The zero-order valence-corrected chi connectivity index (χ0v) is 12.2. The molecule has 1 heterocycles. The van der Waals surface area contributed by atoms with Crippen molar-refractivity contribution in [2.75, 3.05) is 7.11 Å². The zero-order chi connectivity index (χ0) is 15.5. The Morgan fingerprint density at radius 3 is 2.55 bits per heavy atom. The Hall–Kier alpha value is -2.63. The third-order valence-electron chi connectivity index (χ3n) is 3.77. The van der Waals surface area contributed by atoms with Gasteiger partial charge in [0.25, 0.3) is 11.5 Å². The number of ether oxygens (including phenoxy) is 1. The maximum atomic E-state index is 12.3. The Balaban J connectivity index is 1.77. The van der Waals surface area contributed by atoms with Crippen molar-refractivity contribution >= 4 is 5.91 Å². The highest BCUT2D eigenvalue weighted by molar-refractivity contribution is 5.92. The number of nitrogens with one attached hydrogen (secondary N) is 2. The topological polar surface area (TPSA) is 84.1 Å². The third kappa shape index (κ3) is 3.16. The van der Waals surface area contributed by atoms with Gasteiger partial charge in [0.15, 0.2) is 0 Å². The highest BCUT2D eigenvalue weighted by atomic mass is 16.5.